The summed E-state index contributed by atoms with van der Waals surface area (Å²) in [5.74, 6) is -0.0107. The van der Waals surface area contributed by atoms with Crippen LogP contribution in [0.4, 0.5) is 14.7 Å². The minimum Gasteiger partial charge on any atom is -0.444 e. The van der Waals surface area contributed by atoms with Crippen molar-refractivity contribution < 1.29 is 19.1 Å². The van der Waals surface area contributed by atoms with E-state index in [4.69, 9.17) is 4.74 Å². The molecule has 2 aliphatic rings. The molecule has 0 radical (unpaired) electrons. The van der Waals surface area contributed by atoms with Gasteiger partial charge in [0, 0.05) is 37.6 Å². The summed E-state index contributed by atoms with van der Waals surface area (Å²) in [6.45, 7) is 7.68. The molecule has 1 aromatic rings. The third-order valence-electron chi connectivity index (χ3n) is 4.79. The lowest BCUT2D eigenvalue weighted by Gasteiger charge is -2.36. The smallest absolute Gasteiger partial charge is 0.407 e. The van der Waals surface area contributed by atoms with Gasteiger partial charge in [0.15, 0.2) is 5.13 Å². The number of nitrogens with zero attached hydrogens (tertiary/aromatic N) is 3. The monoisotopic (exact) mass is 423 g/mol. The molecule has 1 aromatic heterocycles. The number of rotatable bonds is 5. The Hall–Kier alpha value is -2.36. The van der Waals surface area contributed by atoms with Crippen molar-refractivity contribution in [2.75, 3.05) is 31.1 Å². The van der Waals surface area contributed by atoms with Gasteiger partial charge in [0.1, 0.15) is 5.60 Å². The van der Waals surface area contributed by atoms with Crippen molar-refractivity contribution >= 4 is 34.5 Å². The van der Waals surface area contributed by atoms with Crippen LogP contribution >= 0.6 is 11.3 Å². The van der Waals surface area contributed by atoms with Crippen molar-refractivity contribution in [2.24, 2.45) is 0 Å². The molecule has 2 aliphatic heterocycles. The van der Waals surface area contributed by atoms with E-state index in [1.165, 1.54) is 11.3 Å². The van der Waals surface area contributed by atoms with Crippen LogP contribution in [-0.2, 0) is 16.0 Å². The maximum absolute atomic E-state index is 12.9. The normalized spacial score (nSPS) is 19.8. The highest BCUT2D eigenvalue weighted by Gasteiger charge is 2.29. The number of aromatic nitrogens is 1. The van der Waals surface area contributed by atoms with E-state index in [9.17, 15) is 14.4 Å². The van der Waals surface area contributed by atoms with Crippen LogP contribution in [0.3, 0.4) is 0 Å². The van der Waals surface area contributed by atoms with E-state index in [1.807, 2.05) is 31.1 Å². The quantitative estimate of drug-likeness (QED) is 0.755. The number of alkyl carbamates (subject to hydrolysis) is 1. The van der Waals surface area contributed by atoms with Crippen molar-refractivity contribution in [1.82, 2.24) is 20.5 Å². The SMILES string of the molecule is CC(C)(C)OC(=O)NCC1CCCCN1C(=O)Cc1csc(N2CCNC2=O)n1. The molecule has 3 heterocycles. The van der Waals surface area contributed by atoms with Gasteiger partial charge in [-0.05, 0) is 40.0 Å². The van der Waals surface area contributed by atoms with Crippen LogP contribution in [0.1, 0.15) is 45.7 Å². The number of carbonyl (C=O) groups excluding carboxylic acids is 3. The molecule has 29 heavy (non-hydrogen) atoms. The van der Waals surface area contributed by atoms with E-state index < -0.39 is 11.7 Å². The summed E-state index contributed by atoms with van der Waals surface area (Å²) in [6, 6.07) is -0.201. The number of hydrogen-bond acceptors (Lipinski definition) is 6. The van der Waals surface area contributed by atoms with Gasteiger partial charge in [-0.25, -0.2) is 14.6 Å². The van der Waals surface area contributed by atoms with E-state index in [2.05, 4.69) is 15.6 Å². The third kappa shape index (κ3) is 5.81. The number of nitrogens with one attached hydrogen (secondary N) is 2. The second-order valence-electron chi connectivity index (χ2n) is 8.30. The van der Waals surface area contributed by atoms with Gasteiger partial charge < -0.3 is 20.3 Å². The third-order valence-corrected chi connectivity index (χ3v) is 5.70. The Morgan fingerprint density at radius 2 is 2.14 bits per heavy atom. The Labute approximate surface area is 174 Å². The standard InChI is InChI=1S/C19H29N5O4S/c1-19(2,3)28-18(27)21-11-14-6-4-5-8-23(14)15(25)10-13-12-29-17(22-13)24-9-7-20-16(24)26/h12,14H,4-11H2,1-3H3,(H,20,26)(H,21,27). The molecule has 1 unspecified atom stereocenters. The number of amides is 4. The largest absolute Gasteiger partial charge is 0.444 e. The average molecular weight is 424 g/mol. The van der Waals surface area contributed by atoms with Gasteiger partial charge in [-0.15, -0.1) is 11.3 Å². The lowest BCUT2D eigenvalue weighted by molar-refractivity contribution is -0.134. The lowest BCUT2D eigenvalue weighted by atomic mass is 10.0. The maximum Gasteiger partial charge on any atom is 0.407 e. The van der Waals surface area contributed by atoms with E-state index >= 15 is 0 Å². The topological polar surface area (TPSA) is 104 Å². The van der Waals surface area contributed by atoms with Gasteiger partial charge in [0.05, 0.1) is 12.1 Å². The minimum absolute atomic E-state index is 0.0107. The molecular weight excluding hydrogens is 394 g/mol. The molecule has 2 fully saturated rings. The number of hydrogen-bond donors (Lipinski definition) is 2. The molecule has 4 amide bonds. The van der Waals surface area contributed by atoms with E-state index in [0.29, 0.717) is 37.0 Å². The summed E-state index contributed by atoms with van der Waals surface area (Å²) >= 11 is 1.37. The summed E-state index contributed by atoms with van der Waals surface area (Å²) in [6.07, 6.45) is 2.54. The highest BCUT2D eigenvalue weighted by molar-refractivity contribution is 7.14. The molecule has 10 heteroatoms. The molecule has 9 nitrogen and oxygen atoms in total. The van der Waals surface area contributed by atoms with Gasteiger partial charge in [-0.1, -0.05) is 0 Å². The Bertz CT molecular complexity index is 760. The first-order valence-electron chi connectivity index (χ1n) is 9.99. The number of likely N-dealkylation sites (tertiary alicyclic amines) is 1. The number of ether oxygens (including phenoxy) is 1. The number of carbonyl (C=O) groups is 3. The first kappa shape index (κ1) is 21.4. The highest BCUT2D eigenvalue weighted by Crippen LogP contribution is 2.24. The van der Waals surface area contributed by atoms with Crippen molar-refractivity contribution in [3.05, 3.63) is 11.1 Å². The summed E-state index contributed by atoms with van der Waals surface area (Å²) < 4.78 is 5.28. The first-order chi connectivity index (χ1) is 13.7. The van der Waals surface area contributed by atoms with E-state index in [-0.39, 0.29) is 24.4 Å². The Morgan fingerprint density at radius 1 is 1.34 bits per heavy atom. The fourth-order valence-corrected chi connectivity index (χ4v) is 4.32. The van der Waals surface area contributed by atoms with Gasteiger partial charge >= 0.3 is 12.1 Å². The molecule has 0 spiro atoms. The molecule has 1 atom stereocenters. The number of piperidine rings is 1. The molecule has 160 valence electrons. The summed E-state index contributed by atoms with van der Waals surface area (Å²) in [4.78, 5) is 44.5. The van der Waals surface area contributed by atoms with E-state index in [1.54, 1.807) is 4.90 Å². The second-order valence-corrected chi connectivity index (χ2v) is 9.14. The van der Waals surface area contributed by atoms with Crippen LogP contribution in [0.25, 0.3) is 0 Å². The fourth-order valence-electron chi connectivity index (χ4n) is 3.47. The molecule has 3 rings (SSSR count). The molecule has 0 aromatic carbocycles. The first-order valence-corrected chi connectivity index (χ1v) is 10.9. The Balaban J connectivity index is 1.56. The van der Waals surface area contributed by atoms with Gasteiger partial charge in [-0.2, -0.15) is 0 Å². The summed E-state index contributed by atoms with van der Waals surface area (Å²) in [5, 5.41) is 7.98. The average Bonchev–Trinajstić information content (AvgIpc) is 3.27. The zero-order valence-electron chi connectivity index (χ0n) is 17.2. The second kappa shape index (κ2) is 8.98. The predicted octanol–water partition coefficient (Wildman–Crippen LogP) is 2.12. The zero-order valence-corrected chi connectivity index (χ0v) is 18.0. The van der Waals surface area contributed by atoms with Crippen molar-refractivity contribution in [2.45, 2.75) is 58.1 Å². The molecule has 2 saturated heterocycles. The van der Waals surface area contributed by atoms with Crippen LogP contribution in [0.15, 0.2) is 5.38 Å². The van der Waals surface area contributed by atoms with Gasteiger partial charge in [-0.3, -0.25) is 9.69 Å². The molecule has 2 N–H and O–H groups in total. The number of urea groups is 1. The zero-order chi connectivity index (χ0) is 21.0. The molecule has 0 bridgehead atoms. The van der Waals surface area contributed by atoms with Crippen LogP contribution in [0, 0.1) is 0 Å². The summed E-state index contributed by atoms with van der Waals surface area (Å²) in [5.41, 5.74) is 0.111. The van der Waals surface area contributed by atoms with Crippen LogP contribution in [0.5, 0.6) is 0 Å². The lowest BCUT2D eigenvalue weighted by Crippen LogP contribution is -2.50. The molecular formula is C19H29N5O4S. The van der Waals surface area contributed by atoms with Crippen molar-refractivity contribution in [3.8, 4) is 0 Å². The maximum atomic E-state index is 12.9. The van der Waals surface area contributed by atoms with Crippen LogP contribution < -0.4 is 15.5 Å². The van der Waals surface area contributed by atoms with Crippen LogP contribution in [-0.4, -0.2) is 65.7 Å². The Morgan fingerprint density at radius 3 is 2.83 bits per heavy atom. The molecule has 0 saturated carbocycles. The number of anilines is 1. The van der Waals surface area contributed by atoms with Gasteiger partial charge in [0.2, 0.25) is 5.91 Å². The summed E-state index contributed by atoms with van der Waals surface area (Å²) in [7, 11) is 0. The Kier molecular flexibility index (Phi) is 6.61. The van der Waals surface area contributed by atoms with Crippen molar-refractivity contribution in [3.63, 3.8) is 0 Å². The molecule has 0 aliphatic carbocycles. The predicted molar refractivity (Wildman–Crippen MR) is 110 cm³/mol. The highest BCUT2D eigenvalue weighted by atomic mass is 32.1. The van der Waals surface area contributed by atoms with Crippen molar-refractivity contribution in [1.29, 1.82) is 0 Å². The van der Waals surface area contributed by atoms with Crippen LogP contribution in [0.2, 0.25) is 0 Å². The number of thiazole rings is 1. The van der Waals surface area contributed by atoms with E-state index in [0.717, 1.165) is 19.3 Å². The van der Waals surface area contributed by atoms with Gasteiger partial charge in [0.25, 0.3) is 0 Å². The minimum atomic E-state index is -0.555. The fraction of sp³-hybridized carbons (Fsp3) is 0.684.